The van der Waals surface area contributed by atoms with Crippen molar-refractivity contribution in [2.45, 2.75) is 33.2 Å². The van der Waals surface area contributed by atoms with Crippen molar-refractivity contribution >= 4 is 5.69 Å². The highest BCUT2D eigenvalue weighted by molar-refractivity contribution is 5.51. The maximum Gasteiger partial charge on any atom is 0.313 e. The second-order valence-electron chi connectivity index (χ2n) is 4.49. The van der Waals surface area contributed by atoms with Gasteiger partial charge in [0.15, 0.2) is 5.75 Å². The molecule has 1 N–H and O–H groups in total. The van der Waals surface area contributed by atoms with Gasteiger partial charge in [-0.1, -0.05) is 26.0 Å². The van der Waals surface area contributed by atoms with Crippen molar-refractivity contribution in [1.82, 2.24) is 5.32 Å². The van der Waals surface area contributed by atoms with Crippen LogP contribution in [0.3, 0.4) is 0 Å². The molecule has 0 bridgehead atoms. The summed E-state index contributed by atoms with van der Waals surface area (Å²) in [5.41, 5.74) is 0.687. The fourth-order valence-corrected chi connectivity index (χ4v) is 1.63. The van der Waals surface area contributed by atoms with Crippen LogP contribution in [0.2, 0.25) is 0 Å². The normalized spacial score (nSPS) is 10.7. The van der Waals surface area contributed by atoms with Gasteiger partial charge in [0.2, 0.25) is 0 Å². The number of aryl methyl sites for hydroxylation is 1. The van der Waals surface area contributed by atoms with Crippen LogP contribution >= 0.6 is 0 Å². The van der Waals surface area contributed by atoms with Crippen LogP contribution in [0.15, 0.2) is 18.2 Å². The Labute approximate surface area is 107 Å². The summed E-state index contributed by atoms with van der Waals surface area (Å²) in [5, 5.41) is 14.2. The molecule has 1 rings (SSSR count). The van der Waals surface area contributed by atoms with E-state index in [0.29, 0.717) is 24.0 Å². The van der Waals surface area contributed by atoms with Crippen molar-refractivity contribution in [2.24, 2.45) is 0 Å². The standard InChI is InChI=1S/C13H20N2O3/c1-10(2)14-8-5-9-18-12-7-4-6-11(3)13(12)15(16)17/h4,6-7,10,14H,5,8-9H2,1-3H3. The Morgan fingerprint density at radius 3 is 2.78 bits per heavy atom. The van der Waals surface area contributed by atoms with E-state index in [4.69, 9.17) is 4.74 Å². The zero-order chi connectivity index (χ0) is 13.5. The highest BCUT2D eigenvalue weighted by Crippen LogP contribution is 2.30. The lowest BCUT2D eigenvalue weighted by molar-refractivity contribution is -0.386. The summed E-state index contributed by atoms with van der Waals surface area (Å²) >= 11 is 0. The minimum absolute atomic E-state index is 0.0642. The SMILES string of the molecule is Cc1cccc(OCCCNC(C)C)c1[N+](=O)[O-]. The monoisotopic (exact) mass is 252 g/mol. The number of rotatable bonds is 7. The first-order valence-electron chi connectivity index (χ1n) is 6.12. The predicted octanol–water partition coefficient (Wildman–Crippen LogP) is 2.67. The first-order chi connectivity index (χ1) is 8.52. The number of benzene rings is 1. The van der Waals surface area contributed by atoms with E-state index in [2.05, 4.69) is 19.2 Å². The summed E-state index contributed by atoms with van der Waals surface area (Å²) < 4.78 is 5.48. The molecule has 1 aromatic carbocycles. The van der Waals surface area contributed by atoms with Gasteiger partial charge in [-0.05, 0) is 26.0 Å². The number of ether oxygens (including phenoxy) is 1. The number of para-hydroxylation sites is 1. The number of hydrogen-bond donors (Lipinski definition) is 1. The van der Waals surface area contributed by atoms with Crippen molar-refractivity contribution in [3.05, 3.63) is 33.9 Å². The molecule has 0 spiro atoms. The molecular formula is C13H20N2O3. The third-order valence-electron chi connectivity index (χ3n) is 2.51. The van der Waals surface area contributed by atoms with Crippen molar-refractivity contribution in [1.29, 1.82) is 0 Å². The van der Waals surface area contributed by atoms with Gasteiger partial charge in [-0.15, -0.1) is 0 Å². The zero-order valence-corrected chi connectivity index (χ0v) is 11.1. The average molecular weight is 252 g/mol. The van der Waals surface area contributed by atoms with E-state index in [1.807, 2.05) is 0 Å². The lowest BCUT2D eigenvalue weighted by Crippen LogP contribution is -2.24. The molecule has 0 amide bonds. The maximum atomic E-state index is 10.9. The van der Waals surface area contributed by atoms with E-state index in [-0.39, 0.29) is 5.69 Å². The molecule has 1 aromatic rings. The molecule has 0 saturated carbocycles. The smallest absolute Gasteiger partial charge is 0.313 e. The molecule has 0 aliphatic rings. The molecule has 100 valence electrons. The molecule has 0 aromatic heterocycles. The van der Waals surface area contributed by atoms with E-state index in [1.54, 1.807) is 25.1 Å². The molecule has 0 unspecified atom stereocenters. The van der Waals surface area contributed by atoms with E-state index < -0.39 is 4.92 Å². The van der Waals surface area contributed by atoms with Crippen LogP contribution in [0, 0.1) is 17.0 Å². The minimum atomic E-state index is -0.392. The van der Waals surface area contributed by atoms with Crippen LogP contribution < -0.4 is 10.1 Å². The quantitative estimate of drug-likeness (QED) is 0.460. The Hall–Kier alpha value is -1.62. The van der Waals surface area contributed by atoms with Crippen LogP contribution in [-0.4, -0.2) is 24.1 Å². The van der Waals surface area contributed by atoms with Gasteiger partial charge >= 0.3 is 5.69 Å². The number of nitro groups is 1. The molecule has 0 aliphatic heterocycles. The lowest BCUT2D eigenvalue weighted by atomic mass is 10.2. The van der Waals surface area contributed by atoms with E-state index in [9.17, 15) is 10.1 Å². The Kier molecular flexibility index (Phi) is 5.58. The first kappa shape index (κ1) is 14.4. The molecule has 0 aliphatic carbocycles. The molecular weight excluding hydrogens is 232 g/mol. The van der Waals surface area contributed by atoms with Crippen LogP contribution in [0.4, 0.5) is 5.69 Å². The Morgan fingerprint density at radius 2 is 2.17 bits per heavy atom. The first-order valence-corrected chi connectivity index (χ1v) is 6.12. The number of hydrogen-bond acceptors (Lipinski definition) is 4. The summed E-state index contributed by atoms with van der Waals surface area (Å²) in [6, 6.07) is 5.56. The molecule has 0 fully saturated rings. The zero-order valence-electron chi connectivity index (χ0n) is 11.1. The van der Waals surface area contributed by atoms with Gasteiger partial charge in [0.1, 0.15) is 0 Å². The van der Waals surface area contributed by atoms with Crippen molar-refractivity contribution in [2.75, 3.05) is 13.2 Å². The molecule has 0 radical (unpaired) electrons. The summed E-state index contributed by atoms with van der Waals surface area (Å²) in [5.74, 6) is 0.351. The van der Waals surface area contributed by atoms with Gasteiger partial charge in [0.25, 0.3) is 0 Å². The van der Waals surface area contributed by atoms with Gasteiger partial charge in [-0.25, -0.2) is 0 Å². The molecule has 0 saturated heterocycles. The van der Waals surface area contributed by atoms with Gasteiger partial charge in [-0.3, -0.25) is 10.1 Å². The molecule has 5 nitrogen and oxygen atoms in total. The van der Waals surface area contributed by atoms with Crippen molar-refractivity contribution in [3.8, 4) is 5.75 Å². The topological polar surface area (TPSA) is 64.4 Å². The summed E-state index contributed by atoms with van der Waals surface area (Å²) in [6.45, 7) is 7.19. The van der Waals surface area contributed by atoms with Crippen LogP contribution in [0.1, 0.15) is 25.8 Å². The van der Waals surface area contributed by atoms with Crippen molar-refractivity contribution < 1.29 is 9.66 Å². The van der Waals surface area contributed by atoms with Gasteiger partial charge in [-0.2, -0.15) is 0 Å². The lowest BCUT2D eigenvalue weighted by Gasteiger charge is -2.10. The van der Waals surface area contributed by atoms with E-state index >= 15 is 0 Å². The Balaban J connectivity index is 2.52. The number of nitro benzene ring substituents is 1. The fourth-order valence-electron chi connectivity index (χ4n) is 1.63. The Morgan fingerprint density at radius 1 is 1.44 bits per heavy atom. The van der Waals surface area contributed by atoms with Gasteiger partial charge in [0, 0.05) is 11.6 Å². The third-order valence-corrected chi connectivity index (χ3v) is 2.51. The van der Waals surface area contributed by atoms with Crippen LogP contribution in [-0.2, 0) is 0 Å². The largest absolute Gasteiger partial charge is 0.487 e. The minimum Gasteiger partial charge on any atom is -0.487 e. The maximum absolute atomic E-state index is 10.9. The molecule has 5 heteroatoms. The summed E-state index contributed by atoms with van der Waals surface area (Å²) in [4.78, 5) is 10.5. The summed E-state index contributed by atoms with van der Waals surface area (Å²) in [7, 11) is 0. The highest BCUT2D eigenvalue weighted by atomic mass is 16.6. The van der Waals surface area contributed by atoms with Crippen LogP contribution in [0.5, 0.6) is 5.75 Å². The van der Waals surface area contributed by atoms with E-state index in [1.165, 1.54) is 0 Å². The Bertz CT molecular complexity index is 405. The average Bonchev–Trinajstić information content (AvgIpc) is 2.27. The molecule has 0 atom stereocenters. The number of nitrogens with one attached hydrogen (secondary N) is 1. The van der Waals surface area contributed by atoms with Gasteiger partial charge < -0.3 is 10.1 Å². The summed E-state index contributed by atoms with van der Waals surface area (Å²) in [6.07, 6.45) is 0.823. The van der Waals surface area contributed by atoms with Crippen LogP contribution in [0.25, 0.3) is 0 Å². The molecule has 0 heterocycles. The fraction of sp³-hybridized carbons (Fsp3) is 0.538. The molecule has 18 heavy (non-hydrogen) atoms. The second-order valence-corrected chi connectivity index (χ2v) is 4.49. The van der Waals surface area contributed by atoms with Crippen molar-refractivity contribution in [3.63, 3.8) is 0 Å². The second kappa shape index (κ2) is 6.96. The number of nitrogens with zero attached hydrogens (tertiary/aromatic N) is 1. The van der Waals surface area contributed by atoms with E-state index in [0.717, 1.165) is 13.0 Å². The van der Waals surface area contributed by atoms with Gasteiger partial charge in [0.05, 0.1) is 11.5 Å². The third kappa shape index (κ3) is 4.33. The predicted molar refractivity (Wildman–Crippen MR) is 71.1 cm³/mol. The highest BCUT2D eigenvalue weighted by Gasteiger charge is 2.17.